The highest BCUT2D eigenvalue weighted by atomic mass is 19.1. The number of alkyl halides is 1. The number of ether oxygens (including phenoxy) is 1. The minimum atomic E-state index is -1.46. The second kappa shape index (κ2) is 14.7. The van der Waals surface area contributed by atoms with Crippen LogP contribution in [-0.4, -0.2) is 70.3 Å². The largest absolute Gasteiger partial charge is 0.460 e. The number of carbonyl (C=O) groups is 3. The second-order valence-electron chi connectivity index (χ2n) is 10.6. The summed E-state index contributed by atoms with van der Waals surface area (Å²) in [7, 11) is 0. The molecular formula is C30H40FN3O6. The molecule has 2 aliphatic rings. The highest BCUT2D eigenvalue weighted by molar-refractivity contribution is 5.95. The van der Waals surface area contributed by atoms with E-state index >= 15 is 0 Å². The van der Waals surface area contributed by atoms with Gasteiger partial charge in [0.15, 0.2) is 11.6 Å². The number of fused-ring (bicyclic) bond motifs is 3. The van der Waals surface area contributed by atoms with Gasteiger partial charge < -0.3 is 24.5 Å². The standard InChI is InChI=1S/C30H40FN3O6/c1-5-8-21-11-12-26(36)32-13-6-9-20(4)15-23(35)16-22(31)17-27-33-24(18-39-27)29(37)34-14-7-10-25(34)30(38)40-28(21)19(2)3/h5-6,9,11-12,15,18-19,21-23,25,28,35H,1,7-8,10,13-14,16-17H2,2-4H3,(H,32,36)/b9-6+,12-11+,20-15+/t21-,22-,23-,25-,28-/m1/s1. The quantitative estimate of drug-likeness (QED) is 0.428. The van der Waals surface area contributed by atoms with Crippen LogP contribution in [0.15, 0.2) is 59.3 Å². The third-order valence-corrected chi connectivity index (χ3v) is 6.95. The second-order valence-corrected chi connectivity index (χ2v) is 10.6. The molecule has 0 aliphatic carbocycles. The average molecular weight is 558 g/mol. The third kappa shape index (κ3) is 8.74. The minimum absolute atomic E-state index is 0.0133. The molecule has 0 saturated carbocycles. The Morgan fingerprint density at radius 3 is 2.80 bits per heavy atom. The normalized spacial score (nSPS) is 30.6. The van der Waals surface area contributed by atoms with E-state index in [1.54, 1.807) is 31.2 Å². The predicted octanol–water partition coefficient (Wildman–Crippen LogP) is 3.86. The number of oxazole rings is 1. The molecule has 10 heteroatoms. The van der Waals surface area contributed by atoms with Gasteiger partial charge in [-0.05, 0) is 38.2 Å². The molecule has 0 spiro atoms. The fraction of sp³-hybridized carbons (Fsp3) is 0.533. The van der Waals surface area contributed by atoms with Gasteiger partial charge in [0.25, 0.3) is 5.91 Å². The van der Waals surface area contributed by atoms with Crippen molar-refractivity contribution in [3.8, 4) is 0 Å². The summed E-state index contributed by atoms with van der Waals surface area (Å²) >= 11 is 0. The number of rotatable bonds is 3. The predicted molar refractivity (Wildman–Crippen MR) is 148 cm³/mol. The molecule has 2 bridgehead atoms. The Bertz CT molecular complexity index is 1140. The molecule has 3 heterocycles. The topological polar surface area (TPSA) is 122 Å². The van der Waals surface area contributed by atoms with E-state index in [2.05, 4.69) is 16.9 Å². The fourth-order valence-electron chi connectivity index (χ4n) is 4.99. The van der Waals surface area contributed by atoms with Crippen LogP contribution >= 0.6 is 0 Å². The van der Waals surface area contributed by atoms with Crippen molar-refractivity contribution >= 4 is 17.8 Å². The summed E-state index contributed by atoms with van der Waals surface area (Å²) in [6.07, 6.45) is 9.11. The Hall–Kier alpha value is -3.53. The number of hydrogen-bond donors (Lipinski definition) is 2. The number of allylic oxidation sites excluding steroid dienone is 3. The highest BCUT2D eigenvalue weighted by Crippen LogP contribution is 2.27. The van der Waals surface area contributed by atoms with Crippen molar-refractivity contribution in [3.05, 3.63) is 66.5 Å². The molecule has 0 unspecified atom stereocenters. The monoisotopic (exact) mass is 557 g/mol. The van der Waals surface area contributed by atoms with Gasteiger partial charge in [-0.1, -0.05) is 49.8 Å². The highest BCUT2D eigenvalue weighted by Gasteiger charge is 2.39. The van der Waals surface area contributed by atoms with Crippen LogP contribution < -0.4 is 5.32 Å². The summed E-state index contributed by atoms with van der Waals surface area (Å²) in [5.41, 5.74) is 0.695. The molecule has 1 saturated heterocycles. The van der Waals surface area contributed by atoms with E-state index in [9.17, 15) is 23.9 Å². The number of aromatic nitrogens is 1. The lowest BCUT2D eigenvalue weighted by Crippen LogP contribution is -2.44. The summed E-state index contributed by atoms with van der Waals surface area (Å²) in [5, 5.41) is 13.0. The first kappa shape index (κ1) is 31.0. The number of cyclic esters (lactones) is 1. The molecule has 3 rings (SSSR count). The Labute approximate surface area is 234 Å². The number of nitrogens with zero attached hydrogens (tertiary/aromatic N) is 2. The van der Waals surface area contributed by atoms with Crippen molar-refractivity contribution in [1.82, 2.24) is 15.2 Å². The molecule has 5 atom stereocenters. The van der Waals surface area contributed by atoms with Gasteiger partial charge in [-0.2, -0.15) is 0 Å². The van der Waals surface area contributed by atoms with Crippen LogP contribution in [0.1, 0.15) is 62.8 Å². The van der Waals surface area contributed by atoms with Gasteiger partial charge in [-0.3, -0.25) is 9.59 Å². The third-order valence-electron chi connectivity index (χ3n) is 6.95. The number of esters is 1. The number of nitrogens with one attached hydrogen (secondary N) is 1. The molecule has 2 aliphatic heterocycles. The lowest BCUT2D eigenvalue weighted by atomic mass is 9.89. The number of hydrogen-bond acceptors (Lipinski definition) is 7. The summed E-state index contributed by atoms with van der Waals surface area (Å²) in [6, 6.07) is -0.793. The Balaban J connectivity index is 1.89. The summed E-state index contributed by atoms with van der Waals surface area (Å²) in [5.74, 6) is -1.66. The lowest BCUT2D eigenvalue weighted by molar-refractivity contribution is -0.158. The first-order valence-electron chi connectivity index (χ1n) is 13.8. The minimum Gasteiger partial charge on any atom is -0.460 e. The number of halogens is 1. The molecule has 1 aromatic heterocycles. The maximum Gasteiger partial charge on any atom is 0.329 e. The van der Waals surface area contributed by atoms with Crippen molar-refractivity contribution in [1.29, 1.82) is 0 Å². The van der Waals surface area contributed by atoms with Crippen molar-refractivity contribution in [3.63, 3.8) is 0 Å². The zero-order valence-corrected chi connectivity index (χ0v) is 23.4. The van der Waals surface area contributed by atoms with Crippen LogP contribution in [0.4, 0.5) is 4.39 Å². The maximum absolute atomic E-state index is 14.7. The Morgan fingerprint density at radius 1 is 1.30 bits per heavy atom. The van der Waals surface area contributed by atoms with E-state index in [0.29, 0.717) is 31.4 Å². The zero-order chi connectivity index (χ0) is 29.2. The molecule has 218 valence electrons. The van der Waals surface area contributed by atoms with Crippen LogP contribution in [-0.2, 0) is 20.7 Å². The van der Waals surface area contributed by atoms with E-state index in [1.165, 1.54) is 23.3 Å². The van der Waals surface area contributed by atoms with Crippen molar-refractivity contribution in [2.45, 2.75) is 77.3 Å². The van der Waals surface area contributed by atoms with Gasteiger partial charge >= 0.3 is 5.97 Å². The molecule has 2 N–H and O–H groups in total. The molecule has 1 fully saturated rings. The SMILES string of the molecule is C=CC[C@@H]1/C=C/C(=O)NC/C=C/C(C)=C/[C@@H](O)C[C@@H](F)Cc2nc(co2)C(=O)N2CCC[C@@H]2C(=O)O[C@@H]1C(C)C. The number of aliphatic hydroxyl groups excluding tert-OH is 1. The molecule has 2 amide bonds. The smallest absolute Gasteiger partial charge is 0.329 e. The van der Waals surface area contributed by atoms with Crippen molar-refractivity contribution in [2.24, 2.45) is 11.8 Å². The van der Waals surface area contributed by atoms with Crippen LogP contribution in [0.25, 0.3) is 0 Å². The molecule has 0 aromatic carbocycles. The summed E-state index contributed by atoms with van der Waals surface area (Å²) in [4.78, 5) is 44.6. The first-order chi connectivity index (χ1) is 19.1. The number of carbonyl (C=O) groups excluding carboxylic acids is 3. The van der Waals surface area contributed by atoms with E-state index in [4.69, 9.17) is 9.15 Å². The fourth-order valence-corrected chi connectivity index (χ4v) is 4.99. The van der Waals surface area contributed by atoms with Crippen molar-refractivity contribution < 1.29 is 33.0 Å². The van der Waals surface area contributed by atoms with E-state index in [0.717, 1.165) is 0 Å². The zero-order valence-electron chi connectivity index (χ0n) is 23.4. The van der Waals surface area contributed by atoms with Crippen LogP contribution in [0.3, 0.4) is 0 Å². The Kier molecular flexibility index (Phi) is 11.4. The van der Waals surface area contributed by atoms with Gasteiger partial charge in [-0.15, -0.1) is 6.58 Å². The molecule has 9 nitrogen and oxygen atoms in total. The molecular weight excluding hydrogens is 517 g/mol. The van der Waals surface area contributed by atoms with Gasteiger partial charge in [0.1, 0.15) is 24.6 Å². The lowest BCUT2D eigenvalue weighted by Gasteiger charge is -2.30. The first-order valence-corrected chi connectivity index (χ1v) is 13.8. The maximum atomic E-state index is 14.7. The molecule has 0 radical (unpaired) electrons. The number of amides is 2. The Morgan fingerprint density at radius 2 is 2.08 bits per heavy atom. The van der Waals surface area contributed by atoms with Crippen molar-refractivity contribution in [2.75, 3.05) is 13.1 Å². The van der Waals surface area contributed by atoms with Gasteiger partial charge in [0.2, 0.25) is 5.91 Å². The van der Waals surface area contributed by atoms with Crippen LogP contribution in [0.2, 0.25) is 0 Å². The average Bonchev–Trinajstić information content (AvgIpc) is 3.56. The van der Waals surface area contributed by atoms with E-state index in [-0.39, 0.29) is 48.7 Å². The van der Waals surface area contributed by atoms with E-state index in [1.807, 2.05) is 13.8 Å². The van der Waals surface area contributed by atoms with Crippen LogP contribution in [0, 0.1) is 11.8 Å². The number of aliphatic hydroxyl groups is 1. The summed E-state index contributed by atoms with van der Waals surface area (Å²) in [6.45, 7) is 10.0. The molecule has 1 aromatic rings. The van der Waals surface area contributed by atoms with Gasteiger partial charge in [0, 0.05) is 25.4 Å². The van der Waals surface area contributed by atoms with Gasteiger partial charge in [-0.25, -0.2) is 14.2 Å². The summed E-state index contributed by atoms with van der Waals surface area (Å²) < 4.78 is 26.0. The molecule has 40 heavy (non-hydrogen) atoms. The van der Waals surface area contributed by atoms with E-state index < -0.39 is 36.3 Å². The van der Waals surface area contributed by atoms with Crippen LogP contribution in [0.5, 0.6) is 0 Å². The van der Waals surface area contributed by atoms with Gasteiger partial charge in [0.05, 0.1) is 12.5 Å².